The molecule has 0 fully saturated rings. The van der Waals surface area contributed by atoms with E-state index in [1.807, 2.05) is 62.5 Å². The van der Waals surface area contributed by atoms with E-state index in [9.17, 15) is 4.79 Å². The van der Waals surface area contributed by atoms with Crippen molar-refractivity contribution in [3.8, 4) is 12.1 Å². The fraction of sp³-hybridized carbons (Fsp3) is 0.350. The predicted molar refractivity (Wildman–Crippen MR) is 96.0 cm³/mol. The Bertz CT molecular complexity index is 663. The van der Waals surface area contributed by atoms with E-state index in [2.05, 4.69) is 4.90 Å². The van der Waals surface area contributed by atoms with Crippen LogP contribution in [-0.2, 0) is 16.0 Å². The second-order valence-electron chi connectivity index (χ2n) is 5.71. The number of carbonyl (C=O) groups excluding carboxylic acids is 1. The van der Waals surface area contributed by atoms with Gasteiger partial charge in [0.2, 0.25) is 0 Å². The molecule has 1 rings (SSSR count). The highest BCUT2D eigenvalue weighted by Crippen LogP contribution is 2.04. The van der Waals surface area contributed by atoms with Crippen LogP contribution in [0.5, 0.6) is 0 Å². The van der Waals surface area contributed by atoms with Crippen LogP contribution in [0, 0.1) is 22.7 Å². The third-order valence-electron chi connectivity index (χ3n) is 3.46. The van der Waals surface area contributed by atoms with Gasteiger partial charge in [0.25, 0.3) is 0 Å². The minimum Gasteiger partial charge on any atom is -0.465 e. The zero-order valence-electron chi connectivity index (χ0n) is 14.7. The molecule has 1 aromatic carbocycles. The zero-order chi connectivity index (χ0) is 18.5. The highest BCUT2D eigenvalue weighted by Gasteiger charge is 2.07. The van der Waals surface area contributed by atoms with E-state index < -0.39 is 0 Å². The number of allylic oxidation sites excluding steroid dienone is 3. The molecule has 0 spiro atoms. The average molecular weight is 337 g/mol. The molecule has 0 radical (unpaired) electrons. The van der Waals surface area contributed by atoms with Gasteiger partial charge in [-0.15, -0.1) is 0 Å². The lowest BCUT2D eigenvalue weighted by molar-refractivity contribution is -0.143. The number of nitriles is 2. The Morgan fingerprint density at radius 2 is 1.92 bits per heavy atom. The van der Waals surface area contributed by atoms with Gasteiger partial charge in [-0.05, 0) is 44.2 Å². The molecule has 1 aromatic rings. The van der Waals surface area contributed by atoms with Gasteiger partial charge >= 0.3 is 5.97 Å². The summed E-state index contributed by atoms with van der Waals surface area (Å²) in [6, 6.07) is 13.4. The van der Waals surface area contributed by atoms with Crippen molar-refractivity contribution < 1.29 is 9.53 Å². The first-order valence-corrected chi connectivity index (χ1v) is 8.20. The Hall–Kier alpha value is -3.05. The maximum Gasteiger partial charge on any atom is 0.310 e. The minimum atomic E-state index is -0.228. The zero-order valence-corrected chi connectivity index (χ0v) is 14.7. The lowest BCUT2D eigenvalue weighted by Crippen LogP contribution is -2.27. The number of hydrogen-bond donors (Lipinski definition) is 0. The molecule has 0 N–H and O–H groups in total. The highest BCUT2D eigenvalue weighted by atomic mass is 16.5. The number of hydrogen-bond acceptors (Lipinski definition) is 5. The molecule has 0 aliphatic rings. The molecule has 5 heteroatoms. The summed E-state index contributed by atoms with van der Waals surface area (Å²) in [5.74, 6) is -0.228. The topological polar surface area (TPSA) is 77.1 Å². The molecule has 5 nitrogen and oxygen atoms in total. The van der Waals surface area contributed by atoms with Crippen LogP contribution in [-0.4, -0.2) is 30.1 Å². The number of esters is 1. The number of carbonyl (C=O) groups is 1. The largest absolute Gasteiger partial charge is 0.465 e. The van der Waals surface area contributed by atoms with Gasteiger partial charge in [0.05, 0.1) is 13.0 Å². The van der Waals surface area contributed by atoms with E-state index in [4.69, 9.17) is 15.3 Å². The van der Waals surface area contributed by atoms with Crippen molar-refractivity contribution in [2.45, 2.75) is 32.7 Å². The van der Waals surface area contributed by atoms with E-state index in [1.165, 1.54) is 6.08 Å². The lowest BCUT2D eigenvalue weighted by Gasteiger charge is -2.24. The van der Waals surface area contributed by atoms with Crippen molar-refractivity contribution in [2.75, 3.05) is 13.2 Å². The Balaban J connectivity index is 2.37. The monoisotopic (exact) mass is 337 g/mol. The molecule has 0 atom stereocenters. The van der Waals surface area contributed by atoms with Gasteiger partial charge in [0, 0.05) is 12.6 Å². The molecular formula is C20H23N3O2. The van der Waals surface area contributed by atoms with E-state index >= 15 is 0 Å². The van der Waals surface area contributed by atoms with Crippen LogP contribution in [0.15, 0.2) is 54.3 Å². The van der Waals surface area contributed by atoms with E-state index in [-0.39, 0.29) is 24.0 Å². The first-order valence-electron chi connectivity index (χ1n) is 8.20. The molecule has 0 aromatic heterocycles. The fourth-order valence-electron chi connectivity index (χ4n) is 2.10. The molecule has 25 heavy (non-hydrogen) atoms. The number of nitrogens with zero attached hydrogens (tertiary/aromatic N) is 3. The predicted octanol–water partition coefficient (Wildman–Crippen LogP) is 3.36. The molecular weight excluding hydrogens is 314 g/mol. The summed E-state index contributed by atoms with van der Waals surface area (Å²) in [7, 11) is 0. The van der Waals surface area contributed by atoms with Gasteiger partial charge in [-0.3, -0.25) is 4.79 Å². The Morgan fingerprint density at radius 3 is 2.52 bits per heavy atom. The van der Waals surface area contributed by atoms with Crippen molar-refractivity contribution in [3.63, 3.8) is 0 Å². The van der Waals surface area contributed by atoms with Crippen LogP contribution in [0.3, 0.4) is 0 Å². The van der Waals surface area contributed by atoms with Gasteiger partial charge in [-0.2, -0.15) is 10.5 Å². The van der Waals surface area contributed by atoms with Crippen LogP contribution in [0.1, 0.15) is 25.8 Å². The molecule has 0 aliphatic heterocycles. The van der Waals surface area contributed by atoms with E-state index in [0.717, 1.165) is 12.1 Å². The Kier molecular flexibility index (Phi) is 9.18. The summed E-state index contributed by atoms with van der Waals surface area (Å²) >= 11 is 0. The van der Waals surface area contributed by atoms with Crippen molar-refractivity contribution in [1.82, 2.24) is 4.90 Å². The summed E-state index contributed by atoms with van der Waals surface area (Å²) in [5, 5.41) is 17.4. The first-order chi connectivity index (χ1) is 12.1. The third-order valence-corrected chi connectivity index (χ3v) is 3.46. The lowest BCUT2D eigenvalue weighted by atomic mass is 10.2. The van der Waals surface area contributed by atoms with Gasteiger partial charge in [0.15, 0.2) is 0 Å². The van der Waals surface area contributed by atoms with Crippen molar-refractivity contribution in [2.24, 2.45) is 0 Å². The number of rotatable bonds is 9. The normalized spacial score (nSPS) is 10.1. The Morgan fingerprint density at radius 1 is 1.24 bits per heavy atom. The Labute approximate surface area is 149 Å². The van der Waals surface area contributed by atoms with Crippen molar-refractivity contribution >= 4 is 5.97 Å². The molecule has 130 valence electrons. The second-order valence-corrected chi connectivity index (χ2v) is 5.71. The van der Waals surface area contributed by atoms with Crippen LogP contribution in [0.25, 0.3) is 0 Å². The molecule has 0 saturated heterocycles. The van der Waals surface area contributed by atoms with E-state index in [0.29, 0.717) is 13.0 Å². The smallest absolute Gasteiger partial charge is 0.310 e. The van der Waals surface area contributed by atoms with Gasteiger partial charge < -0.3 is 9.64 Å². The maximum absolute atomic E-state index is 11.8. The summed E-state index contributed by atoms with van der Waals surface area (Å²) in [6.45, 7) is 5.17. The van der Waals surface area contributed by atoms with Gasteiger partial charge in [-0.25, -0.2) is 0 Å². The first kappa shape index (κ1) is 20.0. The van der Waals surface area contributed by atoms with Crippen molar-refractivity contribution in [1.29, 1.82) is 10.5 Å². The molecule has 0 bridgehead atoms. The standard InChI is InChI=1S/C20H23N3O2/c1-17(2)23(11-6-10-19(15-21)16-22)12-7-13-25-20(24)14-18-8-4-3-5-9-18/h3-6,8-11,17H,7,12-14H2,1-2H3. The van der Waals surface area contributed by atoms with Crippen LogP contribution in [0.2, 0.25) is 0 Å². The minimum absolute atomic E-state index is 0.0646. The third kappa shape index (κ3) is 8.39. The fourth-order valence-corrected chi connectivity index (χ4v) is 2.10. The maximum atomic E-state index is 11.8. The second kappa shape index (κ2) is 11.5. The number of benzene rings is 1. The molecule has 0 aliphatic carbocycles. The van der Waals surface area contributed by atoms with E-state index in [1.54, 1.807) is 6.08 Å². The van der Waals surface area contributed by atoms with Crippen LogP contribution < -0.4 is 0 Å². The molecule has 0 unspecified atom stereocenters. The molecule has 0 heterocycles. The summed E-state index contributed by atoms with van der Waals surface area (Å²) in [4.78, 5) is 13.8. The summed E-state index contributed by atoms with van der Waals surface area (Å²) in [6.07, 6.45) is 5.99. The SMILES string of the molecule is CC(C)N(C=CC=C(C#N)C#N)CCCOC(=O)Cc1ccccc1. The van der Waals surface area contributed by atoms with Gasteiger partial charge in [-0.1, -0.05) is 30.3 Å². The number of ether oxygens (including phenoxy) is 1. The molecule has 0 saturated carbocycles. The molecule has 0 amide bonds. The van der Waals surface area contributed by atoms with Crippen LogP contribution >= 0.6 is 0 Å². The van der Waals surface area contributed by atoms with Gasteiger partial charge in [0.1, 0.15) is 17.7 Å². The summed E-state index contributed by atoms with van der Waals surface area (Å²) < 4.78 is 5.27. The average Bonchev–Trinajstić information content (AvgIpc) is 2.61. The summed E-state index contributed by atoms with van der Waals surface area (Å²) in [5.41, 5.74) is 1.01. The van der Waals surface area contributed by atoms with Crippen LogP contribution in [0.4, 0.5) is 0 Å². The quantitative estimate of drug-likeness (QED) is 0.299. The van der Waals surface area contributed by atoms with Crippen molar-refractivity contribution in [3.05, 3.63) is 59.8 Å². The highest BCUT2D eigenvalue weighted by molar-refractivity contribution is 5.72.